The average Bonchev–Trinajstić information content (AvgIpc) is 3.42. The second-order valence-electron chi connectivity index (χ2n) is 7.94. The lowest BCUT2D eigenvalue weighted by Crippen LogP contribution is -2.39. The van der Waals surface area contributed by atoms with Crippen LogP contribution in [0.25, 0.3) is 5.65 Å². The normalized spacial score (nSPS) is 16.8. The number of nitrogens with zero attached hydrogens (tertiary/aromatic N) is 4. The van der Waals surface area contributed by atoms with Gasteiger partial charge in [-0.1, -0.05) is 36.4 Å². The van der Waals surface area contributed by atoms with Crippen LogP contribution in [-0.4, -0.2) is 38.3 Å². The third-order valence-corrected chi connectivity index (χ3v) is 5.77. The summed E-state index contributed by atoms with van der Waals surface area (Å²) >= 11 is 0. The maximum absolute atomic E-state index is 13.1. The van der Waals surface area contributed by atoms with Crippen molar-refractivity contribution in [2.24, 2.45) is 0 Å². The molecule has 0 N–H and O–H groups in total. The first-order valence-electron chi connectivity index (χ1n) is 10.4. The van der Waals surface area contributed by atoms with Crippen molar-refractivity contribution in [2.45, 2.75) is 32.1 Å². The van der Waals surface area contributed by atoms with Crippen molar-refractivity contribution in [3.05, 3.63) is 89.5 Å². The molecule has 1 aliphatic heterocycles. The quantitative estimate of drug-likeness (QED) is 0.514. The Bertz CT molecular complexity index is 1180. The molecule has 6 heteroatoms. The summed E-state index contributed by atoms with van der Waals surface area (Å²) in [6, 6.07) is 16.1. The number of carbonyl (C=O) groups excluding carboxylic acids is 1. The number of fused-ring (bicyclic) bond motifs is 1. The molecule has 4 heterocycles. The highest BCUT2D eigenvalue weighted by Crippen LogP contribution is 2.28. The fraction of sp³-hybridized carbons (Fsp3) is 0.292. The predicted molar refractivity (Wildman–Crippen MR) is 114 cm³/mol. The van der Waals surface area contributed by atoms with Crippen LogP contribution in [0.1, 0.15) is 52.2 Å². The molecule has 5 rings (SSSR count). The van der Waals surface area contributed by atoms with Gasteiger partial charge in [0.15, 0.2) is 5.89 Å². The van der Waals surface area contributed by atoms with Gasteiger partial charge in [0.05, 0.1) is 12.1 Å². The molecule has 0 aliphatic carbocycles. The van der Waals surface area contributed by atoms with E-state index < -0.39 is 0 Å². The molecule has 1 atom stereocenters. The van der Waals surface area contributed by atoms with Crippen LogP contribution in [0.4, 0.5) is 0 Å². The van der Waals surface area contributed by atoms with Gasteiger partial charge in [-0.2, -0.15) is 0 Å². The minimum absolute atomic E-state index is 0.0288. The molecular formula is C24H24N4O2. The highest BCUT2D eigenvalue weighted by molar-refractivity contribution is 5.93. The minimum Gasteiger partial charge on any atom is -0.445 e. The van der Waals surface area contributed by atoms with Crippen LogP contribution in [0, 0.1) is 6.92 Å². The Labute approximate surface area is 175 Å². The number of aryl methyl sites for hydroxylation is 1. The number of imidazole rings is 1. The lowest BCUT2D eigenvalue weighted by atomic mass is 9.98. The van der Waals surface area contributed by atoms with Crippen LogP contribution in [0.5, 0.6) is 0 Å². The van der Waals surface area contributed by atoms with E-state index in [1.807, 2.05) is 65.0 Å². The van der Waals surface area contributed by atoms with Gasteiger partial charge in [0.25, 0.3) is 5.91 Å². The topological polar surface area (TPSA) is 63.6 Å². The molecule has 152 valence electrons. The number of oxazole rings is 1. The van der Waals surface area contributed by atoms with Gasteiger partial charge in [-0.25, -0.2) is 9.97 Å². The van der Waals surface area contributed by atoms with Crippen molar-refractivity contribution in [3.63, 3.8) is 0 Å². The molecule has 1 fully saturated rings. The summed E-state index contributed by atoms with van der Waals surface area (Å²) < 4.78 is 8.01. The molecule has 1 amide bonds. The highest BCUT2D eigenvalue weighted by Gasteiger charge is 2.29. The summed E-state index contributed by atoms with van der Waals surface area (Å²) in [4.78, 5) is 24.0. The average molecular weight is 400 g/mol. The standard InChI is InChI=1S/C24H24N4O2/c1-17-7-5-11-22-26-21(16-28(17)22)24(29)27-12-6-10-19(15-27)23-25-14-20(30-23)13-18-8-3-2-4-9-18/h2-5,7-9,11,14,16,19H,6,10,12-13,15H2,1H3/t19-/m0/s1. The fourth-order valence-electron chi connectivity index (χ4n) is 4.17. The first-order chi connectivity index (χ1) is 14.7. The molecule has 6 nitrogen and oxygen atoms in total. The number of aromatic nitrogens is 3. The number of hydrogen-bond donors (Lipinski definition) is 0. The zero-order chi connectivity index (χ0) is 20.5. The van der Waals surface area contributed by atoms with E-state index in [1.165, 1.54) is 5.56 Å². The summed E-state index contributed by atoms with van der Waals surface area (Å²) in [5.41, 5.74) is 3.54. The molecule has 1 aliphatic rings. The van der Waals surface area contributed by atoms with E-state index in [4.69, 9.17) is 4.42 Å². The summed E-state index contributed by atoms with van der Waals surface area (Å²) in [5, 5.41) is 0. The van der Waals surface area contributed by atoms with Gasteiger partial charge < -0.3 is 13.7 Å². The zero-order valence-electron chi connectivity index (χ0n) is 17.0. The molecule has 0 unspecified atom stereocenters. The summed E-state index contributed by atoms with van der Waals surface area (Å²) in [5.74, 6) is 1.67. The number of likely N-dealkylation sites (tertiary alicyclic amines) is 1. The second-order valence-corrected chi connectivity index (χ2v) is 7.94. The lowest BCUT2D eigenvalue weighted by Gasteiger charge is -2.30. The van der Waals surface area contributed by atoms with Gasteiger partial charge in [-0.3, -0.25) is 4.79 Å². The Kier molecular flexibility index (Phi) is 4.83. The van der Waals surface area contributed by atoms with Crippen molar-refractivity contribution < 1.29 is 9.21 Å². The van der Waals surface area contributed by atoms with Crippen LogP contribution in [0.3, 0.4) is 0 Å². The monoisotopic (exact) mass is 400 g/mol. The van der Waals surface area contributed by atoms with E-state index in [1.54, 1.807) is 0 Å². The van der Waals surface area contributed by atoms with E-state index in [0.717, 1.165) is 48.8 Å². The Morgan fingerprint density at radius 3 is 2.87 bits per heavy atom. The smallest absolute Gasteiger partial charge is 0.274 e. The number of piperidine rings is 1. The molecule has 0 radical (unpaired) electrons. The van der Waals surface area contributed by atoms with Crippen molar-refractivity contribution >= 4 is 11.6 Å². The Morgan fingerprint density at radius 2 is 2.03 bits per heavy atom. The number of carbonyl (C=O) groups is 1. The van der Waals surface area contributed by atoms with E-state index in [0.29, 0.717) is 12.2 Å². The third kappa shape index (κ3) is 3.61. The van der Waals surface area contributed by atoms with Crippen LogP contribution in [0.15, 0.2) is 65.3 Å². The van der Waals surface area contributed by atoms with E-state index >= 15 is 0 Å². The fourth-order valence-corrected chi connectivity index (χ4v) is 4.17. The number of amides is 1. The largest absolute Gasteiger partial charge is 0.445 e. The van der Waals surface area contributed by atoms with Gasteiger partial charge >= 0.3 is 0 Å². The molecule has 4 aromatic rings. The number of pyridine rings is 1. The summed E-state index contributed by atoms with van der Waals surface area (Å²) in [7, 11) is 0. The van der Waals surface area contributed by atoms with Gasteiger partial charge in [-0.05, 0) is 37.5 Å². The van der Waals surface area contributed by atoms with Crippen LogP contribution < -0.4 is 0 Å². The maximum atomic E-state index is 13.1. The molecule has 1 aromatic carbocycles. The van der Waals surface area contributed by atoms with Gasteiger partial charge in [0.2, 0.25) is 0 Å². The predicted octanol–water partition coefficient (Wildman–Crippen LogP) is 4.24. The first-order valence-corrected chi connectivity index (χ1v) is 10.4. The molecule has 0 spiro atoms. The Balaban J connectivity index is 1.31. The number of benzene rings is 1. The number of rotatable bonds is 4. The molecule has 30 heavy (non-hydrogen) atoms. The maximum Gasteiger partial charge on any atom is 0.274 e. The van der Waals surface area contributed by atoms with Crippen molar-refractivity contribution in [2.75, 3.05) is 13.1 Å². The third-order valence-electron chi connectivity index (χ3n) is 5.77. The van der Waals surface area contributed by atoms with Crippen molar-refractivity contribution in [1.82, 2.24) is 19.3 Å². The van der Waals surface area contributed by atoms with Crippen molar-refractivity contribution in [3.8, 4) is 0 Å². The Hall–Kier alpha value is -3.41. The highest BCUT2D eigenvalue weighted by atomic mass is 16.4. The van der Waals surface area contributed by atoms with Gasteiger partial charge in [-0.15, -0.1) is 0 Å². The summed E-state index contributed by atoms with van der Waals surface area (Å²) in [6.45, 7) is 3.35. The Morgan fingerprint density at radius 1 is 1.17 bits per heavy atom. The van der Waals surface area contributed by atoms with Gasteiger partial charge in [0.1, 0.15) is 17.1 Å². The number of hydrogen-bond acceptors (Lipinski definition) is 4. The second kappa shape index (κ2) is 7.78. The van der Waals surface area contributed by atoms with E-state index in [2.05, 4.69) is 22.1 Å². The molecular weight excluding hydrogens is 376 g/mol. The molecule has 0 saturated carbocycles. The van der Waals surface area contributed by atoms with Crippen LogP contribution >= 0.6 is 0 Å². The van der Waals surface area contributed by atoms with Gasteiger partial charge in [0, 0.05) is 31.4 Å². The zero-order valence-corrected chi connectivity index (χ0v) is 17.0. The van der Waals surface area contributed by atoms with Crippen molar-refractivity contribution in [1.29, 1.82) is 0 Å². The van der Waals surface area contributed by atoms with E-state index in [-0.39, 0.29) is 11.8 Å². The molecule has 0 bridgehead atoms. The minimum atomic E-state index is -0.0288. The SMILES string of the molecule is Cc1cccc2nc(C(=O)N3CCC[C@H](c4ncc(Cc5ccccc5)o4)C3)cn12. The lowest BCUT2D eigenvalue weighted by molar-refractivity contribution is 0.0692. The van der Waals surface area contributed by atoms with E-state index in [9.17, 15) is 4.79 Å². The van der Waals surface area contributed by atoms with Crippen LogP contribution in [0.2, 0.25) is 0 Å². The summed E-state index contributed by atoms with van der Waals surface area (Å²) in [6.07, 6.45) is 6.27. The van der Waals surface area contributed by atoms with Crippen LogP contribution in [-0.2, 0) is 6.42 Å². The molecule has 1 saturated heterocycles. The first kappa shape index (κ1) is 18.6. The molecule has 3 aromatic heterocycles.